The van der Waals surface area contributed by atoms with Crippen molar-refractivity contribution < 1.29 is 18.7 Å². The van der Waals surface area contributed by atoms with Gasteiger partial charge >= 0.3 is 0 Å². The Hall–Kier alpha value is -2.11. The lowest BCUT2D eigenvalue weighted by Gasteiger charge is -2.38. The average Bonchev–Trinajstić information content (AvgIpc) is 2.69. The van der Waals surface area contributed by atoms with Crippen LogP contribution in [0.4, 0.5) is 4.39 Å². The number of benzene rings is 2. The van der Waals surface area contributed by atoms with E-state index in [0.29, 0.717) is 30.5 Å². The first kappa shape index (κ1) is 20.6. The quantitative estimate of drug-likeness (QED) is 0.773. The van der Waals surface area contributed by atoms with Gasteiger partial charge in [-0.15, -0.1) is 0 Å². The lowest BCUT2D eigenvalue weighted by molar-refractivity contribution is -0.127. The second kappa shape index (κ2) is 8.93. The predicted octanol–water partition coefficient (Wildman–Crippen LogP) is 4.42. The standard InChI is InChI=1S/C22H25ClFNO3/c1-15-12-19(6-7-20(15)23)28-16(2)21(26)25-14-22(8-10-27-11-9-22)17-4-3-5-18(24)13-17/h3-7,12-13,16H,8-11,14H2,1-2H3,(H,25,26). The number of hydrogen-bond acceptors (Lipinski definition) is 3. The molecule has 0 bridgehead atoms. The van der Waals surface area contributed by atoms with E-state index in [1.807, 2.05) is 13.0 Å². The van der Waals surface area contributed by atoms with Gasteiger partial charge in [-0.1, -0.05) is 23.7 Å². The van der Waals surface area contributed by atoms with E-state index in [-0.39, 0.29) is 17.1 Å². The molecule has 0 aromatic heterocycles. The van der Waals surface area contributed by atoms with Crippen LogP contribution in [0.15, 0.2) is 42.5 Å². The Bertz CT molecular complexity index is 836. The molecule has 150 valence electrons. The second-order valence-electron chi connectivity index (χ2n) is 7.29. The molecule has 1 aliphatic rings. The second-order valence-corrected chi connectivity index (χ2v) is 7.70. The number of carbonyl (C=O) groups is 1. The minimum Gasteiger partial charge on any atom is -0.481 e. The van der Waals surface area contributed by atoms with E-state index < -0.39 is 6.10 Å². The van der Waals surface area contributed by atoms with E-state index in [0.717, 1.165) is 24.0 Å². The van der Waals surface area contributed by atoms with Crippen LogP contribution in [0.2, 0.25) is 5.02 Å². The smallest absolute Gasteiger partial charge is 0.260 e. The maximum absolute atomic E-state index is 13.8. The topological polar surface area (TPSA) is 47.6 Å². The van der Waals surface area contributed by atoms with Crippen molar-refractivity contribution in [2.24, 2.45) is 0 Å². The molecule has 1 heterocycles. The van der Waals surface area contributed by atoms with Gasteiger partial charge in [0, 0.05) is 30.2 Å². The highest BCUT2D eigenvalue weighted by atomic mass is 35.5. The van der Waals surface area contributed by atoms with Crippen molar-refractivity contribution in [2.75, 3.05) is 19.8 Å². The first-order chi connectivity index (χ1) is 13.4. The summed E-state index contributed by atoms with van der Waals surface area (Å²) in [5.74, 6) is 0.106. The number of carbonyl (C=O) groups excluding carboxylic acids is 1. The lowest BCUT2D eigenvalue weighted by atomic mass is 9.74. The molecule has 1 amide bonds. The summed E-state index contributed by atoms with van der Waals surface area (Å²) in [5, 5.41) is 3.64. The minimum atomic E-state index is -0.662. The largest absolute Gasteiger partial charge is 0.481 e. The molecule has 0 aliphatic carbocycles. The number of aryl methyl sites for hydroxylation is 1. The number of hydrogen-bond donors (Lipinski definition) is 1. The zero-order valence-corrected chi connectivity index (χ0v) is 16.9. The maximum atomic E-state index is 13.8. The first-order valence-corrected chi connectivity index (χ1v) is 9.82. The molecule has 1 N–H and O–H groups in total. The van der Waals surface area contributed by atoms with Crippen molar-refractivity contribution in [3.63, 3.8) is 0 Å². The van der Waals surface area contributed by atoms with Crippen LogP contribution in [-0.2, 0) is 14.9 Å². The molecule has 6 heteroatoms. The Morgan fingerprint density at radius 3 is 2.71 bits per heavy atom. The summed E-state index contributed by atoms with van der Waals surface area (Å²) in [6, 6.07) is 11.9. The molecule has 2 aromatic rings. The number of halogens is 2. The molecule has 1 aliphatic heterocycles. The first-order valence-electron chi connectivity index (χ1n) is 9.44. The molecule has 1 fully saturated rings. The van der Waals surface area contributed by atoms with Crippen LogP contribution in [0.5, 0.6) is 5.75 Å². The zero-order chi connectivity index (χ0) is 20.1. The third-order valence-corrected chi connectivity index (χ3v) is 5.72. The summed E-state index contributed by atoms with van der Waals surface area (Å²) >= 11 is 6.03. The van der Waals surface area contributed by atoms with Crippen molar-refractivity contribution in [2.45, 2.75) is 38.2 Å². The van der Waals surface area contributed by atoms with Gasteiger partial charge in [0.2, 0.25) is 0 Å². The van der Waals surface area contributed by atoms with Gasteiger partial charge in [-0.2, -0.15) is 0 Å². The Labute approximate surface area is 170 Å². The molecular weight excluding hydrogens is 381 g/mol. The zero-order valence-electron chi connectivity index (χ0n) is 16.1. The molecule has 1 unspecified atom stereocenters. The van der Waals surface area contributed by atoms with Gasteiger partial charge < -0.3 is 14.8 Å². The molecule has 0 radical (unpaired) electrons. The van der Waals surface area contributed by atoms with Crippen LogP contribution >= 0.6 is 11.6 Å². The van der Waals surface area contributed by atoms with E-state index >= 15 is 0 Å². The summed E-state index contributed by atoms with van der Waals surface area (Å²) in [7, 11) is 0. The van der Waals surface area contributed by atoms with Crippen molar-refractivity contribution in [3.8, 4) is 5.75 Å². The molecule has 2 aromatic carbocycles. The van der Waals surface area contributed by atoms with Gasteiger partial charge in [0.05, 0.1) is 0 Å². The fourth-order valence-electron chi connectivity index (χ4n) is 3.50. The summed E-state index contributed by atoms with van der Waals surface area (Å²) in [4.78, 5) is 12.6. The van der Waals surface area contributed by atoms with Crippen LogP contribution < -0.4 is 10.1 Å². The molecule has 1 saturated heterocycles. The van der Waals surface area contributed by atoms with Crippen LogP contribution in [0.25, 0.3) is 0 Å². The summed E-state index contributed by atoms with van der Waals surface area (Å²) < 4.78 is 25.0. The van der Waals surface area contributed by atoms with Gasteiger partial charge in [0.25, 0.3) is 5.91 Å². The van der Waals surface area contributed by atoms with Crippen molar-refractivity contribution in [3.05, 3.63) is 64.4 Å². The molecule has 3 rings (SSSR count). The van der Waals surface area contributed by atoms with E-state index in [1.54, 1.807) is 37.3 Å². The van der Waals surface area contributed by atoms with Crippen LogP contribution in [0.3, 0.4) is 0 Å². The molecule has 0 saturated carbocycles. The third-order valence-electron chi connectivity index (χ3n) is 5.30. The van der Waals surface area contributed by atoms with E-state index in [9.17, 15) is 9.18 Å². The lowest BCUT2D eigenvalue weighted by Crippen LogP contribution is -2.47. The van der Waals surface area contributed by atoms with Crippen LogP contribution in [0, 0.1) is 12.7 Å². The fourth-order valence-corrected chi connectivity index (χ4v) is 3.61. The predicted molar refractivity (Wildman–Crippen MR) is 107 cm³/mol. The van der Waals surface area contributed by atoms with E-state index in [4.69, 9.17) is 21.1 Å². The van der Waals surface area contributed by atoms with E-state index in [1.165, 1.54) is 6.07 Å². The number of rotatable bonds is 6. The highest BCUT2D eigenvalue weighted by Crippen LogP contribution is 2.34. The number of nitrogens with one attached hydrogen (secondary N) is 1. The molecule has 4 nitrogen and oxygen atoms in total. The number of ether oxygens (including phenoxy) is 2. The number of amides is 1. The van der Waals surface area contributed by atoms with Crippen molar-refractivity contribution in [1.29, 1.82) is 0 Å². The van der Waals surface area contributed by atoms with Gasteiger partial charge in [0.1, 0.15) is 11.6 Å². The Morgan fingerprint density at radius 2 is 2.04 bits per heavy atom. The normalized spacial score (nSPS) is 17.0. The highest BCUT2D eigenvalue weighted by Gasteiger charge is 2.35. The summed E-state index contributed by atoms with van der Waals surface area (Å²) in [6.45, 7) is 5.17. The Kier molecular flexibility index (Phi) is 6.57. The average molecular weight is 406 g/mol. The minimum absolute atomic E-state index is 0.213. The van der Waals surface area contributed by atoms with Crippen LogP contribution in [-0.4, -0.2) is 31.8 Å². The van der Waals surface area contributed by atoms with Gasteiger partial charge in [-0.05, 0) is 68.1 Å². The third kappa shape index (κ3) is 4.83. The SMILES string of the molecule is Cc1cc(OC(C)C(=O)NCC2(c3cccc(F)c3)CCOCC2)ccc1Cl. The van der Waals surface area contributed by atoms with E-state index in [2.05, 4.69) is 5.32 Å². The van der Waals surface area contributed by atoms with Gasteiger partial charge in [-0.25, -0.2) is 4.39 Å². The van der Waals surface area contributed by atoms with Crippen LogP contribution in [0.1, 0.15) is 30.9 Å². The van der Waals surface area contributed by atoms with Crippen molar-refractivity contribution in [1.82, 2.24) is 5.32 Å². The maximum Gasteiger partial charge on any atom is 0.260 e. The Morgan fingerprint density at radius 1 is 1.29 bits per heavy atom. The monoisotopic (exact) mass is 405 g/mol. The van der Waals surface area contributed by atoms with Gasteiger partial charge in [0.15, 0.2) is 6.10 Å². The van der Waals surface area contributed by atoms with Gasteiger partial charge in [-0.3, -0.25) is 4.79 Å². The molecule has 0 spiro atoms. The fraction of sp³-hybridized carbons (Fsp3) is 0.409. The van der Waals surface area contributed by atoms with Crippen molar-refractivity contribution >= 4 is 17.5 Å². The molecule has 28 heavy (non-hydrogen) atoms. The highest BCUT2D eigenvalue weighted by molar-refractivity contribution is 6.31. The molecule has 1 atom stereocenters. The molecular formula is C22H25ClFNO3. The Balaban J connectivity index is 1.67. The summed E-state index contributed by atoms with van der Waals surface area (Å²) in [6.07, 6.45) is 0.787. The summed E-state index contributed by atoms with van der Waals surface area (Å²) in [5.41, 5.74) is 1.43.